The minimum Gasteiger partial charge on any atom is -0.366 e. The smallest absolute Gasteiger partial charge is 0.248 e. The molecule has 19 heavy (non-hydrogen) atoms. The minimum atomic E-state index is -0.484. The van der Waals surface area contributed by atoms with E-state index < -0.39 is 5.91 Å². The Morgan fingerprint density at radius 2 is 1.89 bits per heavy atom. The Kier molecular flexibility index (Phi) is 5.10. The molecular formula is C15H21N2O2. The maximum atomic E-state index is 11.7. The molecule has 1 aromatic carbocycles. The zero-order valence-electron chi connectivity index (χ0n) is 11.7. The molecule has 1 aromatic rings. The van der Waals surface area contributed by atoms with E-state index >= 15 is 0 Å². The molecule has 0 atom stereocenters. The first-order chi connectivity index (χ1) is 8.79. The average Bonchev–Trinajstić information content (AvgIpc) is 2.33. The van der Waals surface area contributed by atoms with Crippen molar-refractivity contribution in [2.75, 3.05) is 6.54 Å². The van der Waals surface area contributed by atoms with Crippen LogP contribution in [0.3, 0.4) is 0 Å². The number of benzene rings is 1. The van der Waals surface area contributed by atoms with E-state index in [0.29, 0.717) is 17.7 Å². The average molecular weight is 261 g/mol. The molecule has 0 aliphatic carbocycles. The number of rotatable bonds is 5. The molecule has 0 heterocycles. The fourth-order valence-electron chi connectivity index (χ4n) is 1.54. The molecule has 0 saturated heterocycles. The summed E-state index contributed by atoms with van der Waals surface area (Å²) in [5, 5.41) is 2.86. The van der Waals surface area contributed by atoms with Gasteiger partial charge in [0, 0.05) is 24.9 Å². The van der Waals surface area contributed by atoms with Gasteiger partial charge in [-0.2, -0.15) is 0 Å². The van der Waals surface area contributed by atoms with E-state index in [1.807, 2.05) is 6.07 Å². The first-order valence-corrected chi connectivity index (χ1v) is 6.28. The molecule has 0 spiro atoms. The summed E-state index contributed by atoms with van der Waals surface area (Å²) in [7, 11) is 0. The highest BCUT2D eigenvalue weighted by atomic mass is 16.1. The molecular weight excluding hydrogens is 240 g/mol. The Labute approximate surface area is 114 Å². The lowest BCUT2D eigenvalue weighted by molar-refractivity contribution is -0.120. The molecule has 1 rings (SSSR count). The summed E-state index contributed by atoms with van der Waals surface area (Å²) in [5.41, 5.74) is 6.47. The lowest BCUT2D eigenvalue weighted by Crippen LogP contribution is -2.32. The van der Waals surface area contributed by atoms with Crippen molar-refractivity contribution < 1.29 is 9.59 Å². The summed E-state index contributed by atoms with van der Waals surface area (Å²) in [6.07, 6.45) is 1.96. The van der Waals surface area contributed by atoms with E-state index in [1.165, 1.54) is 0 Å². The van der Waals surface area contributed by atoms with Gasteiger partial charge in [0.2, 0.25) is 11.8 Å². The van der Waals surface area contributed by atoms with E-state index in [1.54, 1.807) is 24.6 Å². The Bertz CT molecular complexity index is 461. The second-order valence-corrected chi connectivity index (χ2v) is 5.70. The number of hydrogen-bond acceptors (Lipinski definition) is 2. The van der Waals surface area contributed by atoms with Crippen LogP contribution in [0.4, 0.5) is 0 Å². The van der Waals surface area contributed by atoms with Gasteiger partial charge in [0.05, 0.1) is 0 Å². The molecule has 4 heteroatoms. The van der Waals surface area contributed by atoms with Gasteiger partial charge in [-0.3, -0.25) is 9.59 Å². The number of carbonyl (C=O) groups is 2. The van der Waals surface area contributed by atoms with Crippen LogP contribution in [-0.4, -0.2) is 18.4 Å². The predicted molar refractivity (Wildman–Crippen MR) is 75.4 cm³/mol. The maximum Gasteiger partial charge on any atom is 0.248 e. The van der Waals surface area contributed by atoms with Gasteiger partial charge in [-0.15, -0.1) is 0 Å². The highest BCUT2D eigenvalue weighted by molar-refractivity contribution is 5.95. The SMILES string of the molecule is CC(C)(C)CNC(=O)C[CH]c1ccccc1C(N)=O. The molecule has 0 saturated carbocycles. The monoisotopic (exact) mass is 261 g/mol. The first kappa shape index (κ1) is 15.2. The minimum absolute atomic E-state index is 0.0563. The maximum absolute atomic E-state index is 11.7. The van der Waals surface area contributed by atoms with Crippen LogP contribution in [0.25, 0.3) is 0 Å². The largest absolute Gasteiger partial charge is 0.366 e. The molecule has 2 amide bonds. The highest BCUT2D eigenvalue weighted by Crippen LogP contribution is 2.13. The van der Waals surface area contributed by atoms with Crippen molar-refractivity contribution in [3.05, 3.63) is 41.8 Å². The van der Waals surface area contributed by atoms with Gasteiger partial charge in [0.15, 0.2) is 0 Å². The van der Waals surface area contributed by atoms with Gasteiger partial charge in [-0.25, -0.2) is 0 Å². The van der Waals surface area contributed by atoms with Crippen molar-refractivity contribution in [2.45, 2.75) is 27.2 Å². The van der Waals surface area contributed by atoms with Crippen LogP contribution in [0, 0.1) is 11.8 Å². The van der Waals surface area contributed by atoms with Gasteiger partial charge < -0.3 is 11.1 Å². The number of nitrogens with two attached hydrogens (primary N) is 1. The number of nitrogens with one attached hydrogen (secondary N) is 1. The number of primary amides is 1. The summed E-state index contributed by atoms with van der Waals surface area (Å²) in [4.78, 5) is 22.9. The standard InChI is InChI=1S/C15H21N2O2/c1-15(2,3)10-17-13(18)9-8-11-6-4-5-7-12(11)14(16)19/h4-8H,9-10H2,1-3H3,(H2,16,19)(H,17,18). The molecule has 0 bridgehead atoms. The molecule has 0 fully saturated rings. The lowest BCUT2D eigenvalue weighted by atomic mass is 9.97. The van der Waals surface area contributed by atoms with Gasteiger partial charge in [0.1, 0.15) is 0 Å². The topological polar surface area (TPSA) is 72.2 Å². The van der Waals surface area contributed by atoms with Crippen molar-refractivity contribution in [1.82, 2.24) is 5.32 Å². The quantitative estimate of drug-likeness (QED) is 0.849. The van der Waals surface area contributed by atoms with E-state index in [9.17, 15) is 9.59 Å². The van der Waals surface area contributed by atoms with Crippen LogP contribution in [0.15, 0.2) is 24.3 Å². The fourth-order valence-corrected chi connectivity index (χ4v) is 1.54. The second kappa shape index (κ2) is 6.36. The summed E-state index contributed by atoms with van der Waals surface area (Å²) < 4.78 is 0. The molecule has 0 aromatic heterocycles. The number of hydrogen-bond donors (Lipinski definition) is 2. The Balaban J connectivity index is 2.53. The lowest BCUT2D eigenvalue weighted by Gasteiger charge is -2.18. The van der Waals surface area contributed by atoms with Gasteiger partial charge in [-0.1, -0.05) is 39.0 Å². The van der Waals surface area contributed by atoms with Gasteiger partial charge in [0.25, 0.3) is 0 Å². The number of amides is 2. The Hall–Kier alpha value is -1.84. The number of carbonyl (C=O) groups excluding carboxylic acids is 2. The Morgan fingerprint density at radius 1 is 1.26 bits per heavy atom. The van der Waals surface area contributed by atoms with Crippen LogP contribution in [0.5, 0.6) is 0 Å². The summed E-state index contributed by atoms with van der Waals surface area (Å²) in [6, 6.07) is 6.99. The molecule has 4 nitrogen and oxygen atoms in total. The van der Waals surface area contributed by atoms with Gasteiger partial charge in [-0.05, 0) is 17.0 Å². The van der Waals surface area contributed by atoms with E-state index in [-0.39, 0.29) is 17.7 Å². The molecule has 103 valence electrons. The third kappa shape index (κ3) is 5.55. The molecule has 1 radical (unpaired) electrons. The first-order valence-electron chi connectivity index (χ1n) is 6.28. The van der Waals surface area contributed by atoms with Crippen LogP contribution in [-0.2, 0) is 4.79 Å². The van der Waals surface area contributed by atoms with E-state index in [4.69, 9.17) is 5.73 Å². The van der Waals surface area contributed by atoms with Crippen molar-refractivity contribution >= 4 is 11.8 Å². The van der Waals surface area contributed by atoms with Crippen molar-refractivity contribution in [2.24, 2.45) is 11.1 Å². The van der Waals surface area contributed by atoms with Crippen LogP contribution in [0.2, 0.25) is 0 Å². The van der Waals surface area contributed by atoms with Crippen LogP contribution in [0.1, 0.15) is 43.1 Å². The second-order valence-electron chi connectivity index (χ2n) is 5.70. The third-order valence-corrected chi connectivity index (χ3v) is 2.55. The molecule has 3 N–H and O–H groups in total. The van der Waals surface area contributed by atoms with Crippen molar-refractivity contribution in [3.63, 3.8) is 0 Å². The third-order valence-electron chi connectivity index (χ3n) is 2.55. The zero-order valence-corrected chi connectivity index (χ0v) is 11.7. The normalized spacial score (nSPS) is 11.1. The summed E-state index contributed by atoms with van der Waals surface area (Å²) in [6.45, 7) is 6.79. The fraction of sp³-hybridized carbons (Fsp3) is 0.400. The van der Waals surface area contributed by atoms with Crippen molar-refractivity contribution in [1.29, 1.82) is 0 Å². The van der Waals surface area contributed by atoms with E-state index in [2.05, 4.69) is 26.1 Å². The van der Waals surface area contributed by atoms with E-state index in [0.717, 1.165) is 0 Å². The van der Waals surface area contributed by atoms with Crippen LogP contribution >= 0.6 is 0 Å². The molecule has 0 aliphatic rings. The predicted octanol–water partition coefficient (Wildman–Crippen LogP) is 1.89. The Morgan fingerprint density at radius 3 is 2.47 bits per heavy atom. The van der Waals surface area contributed by atoms with Crippen LogP contribution < -0.4 is 11.1 Å². The zero-order chi connectivity index (χ0) is 14.5. The summed E-state index contributed by atoms with van der Waals surface area (Å²) in [5.74, 6) is -0.545. The van der Waals surface area contributed by atoms with Crippen molar-refractivity contribution in [3.8, 4) is 0 Å². The summed E-state index contributed by atoms with van der Waals surface area (Å²) >= 11 is 0. The van der Waals surface area contributed by atoms with Gasteiger partial charge >= 0.3 is 0 Å². The highest BCUT2D eigenvalue weighted by Gasteiger charge is 2.13. The molecule has 0 unspecified atom stereocenters. The molecule has 0 aliphatic heterocycles.